The summed E-state index contributed by atoms with van der Waals surface area (Å²) in [5.41, 5.74) is 12.1. The maximum atomic E-state index is 13.3. The molecule has 0 aliphatic carbocycles. The molecule has 75 heavy (non-hydrogen) atoms. The van der Waals surface area contributed by atoms with E-state index in [1.54, 1.807) is 34.3 Å². The van der Waals surface area contributed by atoms with Crippen LogP contribution in [0.1, 0.15) is 86.7 Å². The van der Waals surface area contributed by atoms with Crippen molar-refractivity contribution < 1.29 is 28.7 Å². The number of ketones is 1. The molecule has 0 saturated carbocycles. The van der Waals surface area contributed by atoms with Crippen LogP contribution in [-0.4, -0.2) is 147 Å². The summed E-state index contributed by atoms with van der Waals surface area (Å²) in [5.74, 6) is 1.18. The number of ether oxygens (including phenoxy) is 2. The van der Waals surface area contributed by atoms with Gasteiger partial charge in [-0.25, -0.2) is 19.9 Å². The lowest BCUT2D eigenvalue weighted by Crippen LogP contribution is -2.53. The van der Waals surface area contributed by atoms with Crippen molar-refractivity contribution in [2.24, 2.45) is 5.73 Å². The minimum Gasteiger partial charge on any atom is -0.491 e. The Kier molecular flexibility index (Phi) is 18.9. The molecule has 0 unspecified atom stereocenters. The smallest absolute Gasteiger partial charge is 0.276 e. The zero-order valence-corrected chi connectivity index (χ0v) is 46.3. The fourth-order valence-electron chi connectivity index (χ4n) is 9.14. The summed E-state index contributed by atoms with van der Waals surface area (Å²) < 4.78 is 14.3. The van der Waals surface area contributed by atoms with Crippen molar-refractivity contribution in [3.63, 3.8) is 0 Å². The minimum atomic E-state index is -0.672. The number of hydrogen-bond acceptors (Lipinski definition) is 18. The number of nitrogens with one attached hydrogen (secondary N) is 4. The van der Waals surface area contributed by atoms with Gasteiger partial charge in [-0.1, -0.05) is 0 Å². The van der Waals surface area contributed by atoms with E-state index in [-0.39, 0.29) is 34.2 Å². The first-order chi connectivity index (χ1) is 35.5. The van der Waals surface area contributed by atoms with Gasteiger partial charge in [0.2, 0.25) is 0 Å². The number of aromatic nitrogens is 7. The summed E-state index contributed by atoms with van der Waals surface area (Å²) >= 11 is 6.33. The number of fused-ring (bicyclic) bond motifs is 4. The van der Waals surface area contributed by atoms with Gasteiger partial charge >= 0.3 is 0 Å². The zero-order chi connectivity index (χ0) is 54.9. The molecule has 3 saturated heterocycles. The Morgan fingerprint density at radius 2 is 1.13 bits per heavy atom. The second-order valence-corrected chi connectivity index (χ2v) is 20.4. The molecule has 10 heterocycles. The third-order valence-corrected chi connectivity index (χ3v) is 14.6. The maximum Gasteiger partial charge on any atom is 0.276 e. The number of rotatable bonds is 5. The lowest BCUT2D eigenvalue weighted by Gasteiger charge is -2.39. The van der Waals surface area contributed by atoms with Crippen LogP contribution in [-0.2, 0) is 16.1 Å². The van der Waals surface area contributed by atoms with Crippen LogP contribution in [0.3, 0.4) is 0 Å². The Labute approximate surface area is 449 Å². The Balaban J connectivity index is 0.000000165. The number of hydrogen-bond donors (Lipinski definition) is 6. The molecule has 0 bridgehead atoms. The van der Waals surface area contributed by atoms with Crippen molar-refractivity contribution in [3.05, 3.63) is 117 Å². The highest BCUT2D eigenvalue weighted by Crippen LogP contribution is 2.35. The van der Waals surface area contributed by atoms with E-state index < -0.39 is 17.2 Å². The molecule has 5 aromatic heterocycles. The van der Waals surface area contributed by atoms with Gasteiger partial charge in [-0.2, -0.15) is 0 Å². The number of carbonyl (C=O) groups is 4. The van der Waals surface area contributed by atoms with Gasteiger partial charge in [0, 0.05) is 77.8 Å². The van der Waals surface area contributed by atoms with E-state index in [2.05, 4.69) is 94.5 Å². The number of nitrogen functional groups attached to an aromatic ring is 1. The van der Waals surface area contributed by atoms with Crippen molar-refractivity contribution in [1.29, 1.82) is 0 Å². The Hall–Kier alpha value is -6.87. The van der Waals surface area contributed by atoms with E-state index in [0.29, 0.717) is 73.3 Å². The molecule has 5 aliphatic heterocycles. The number of methoxy groups -OCH3 is 2. The standard InChI is InChI=1S/C18H22N6O3.C13H16BrN3O2.C7H7BrN2O2.C6H11NO.C5H7N3O/c1-11-8-12(21-15-13(27-3)9-19-10-20-15)17(26)24-14(11)16(25)22-18(24)4-6-23(2)7-5-18;1-8-7-9(14)12(19)17-10(8)11(18)15-13(17)3-5-16(2)6-4-13;1-3-2-4(8)7(12)10-5(3)6(9)11;1-7-4-2-6(8)3-5-7;1-9-4-2-7-3-8-5(4)6/h8-10H,4-7H2,1-3H3,(H,22,25)(H,19,20,21);7H,3-6H2,1-2H3,(H,15,18);2H,1H3,(H2,9,11)(H,10,12);2-5H2,1H3;2-3H,1H3,(H2,6,7,8). The molecule has 0 aromatic carbocycles. The largest absolute Gasteiger partial charge is 0.491 e. The summed E-state index contributed by atoms with van der Waals surface area (Å²) in [7, 11) is 9.18. The lowest BCUT2D eigenvalue weighted by atomic mass is 9.97. The van der Waals surface area contributed by atoms with Crippen molar-refractivity contribution in [2.45, 2.75) is 70.6 Å². The summed E-state index contributed by atoms with van der Waals surface area (Å²) in [6.07, 6.45) is 10.2. The fraction of sp³-hybridized carbons (Fsp3) is 0.449. The summed E-state index contributed by atoms with van der Waals surface area (Å²) in [6, 6.07) is 4.96. The number of aromatic amines is 1. The molecular formula is C49H63Br2N15O9. The monoisotopic (exact) mass is 1160 g/mol. The number of primary amides is 1. The first kappa shape index (κ1) is 57.4. The number of Topliss-reactive ketones (excluding diaryl/α,β-unsaturated/α-hetero) is 1. The number of piperidine rings is 3. The predicted octanol–water partition coefficient (Wildman–Crippen LogP) is 2.75. The Bertz CT molecular complexity index is 3120. The average molecular weight is 1170 g/mol. The fourth-order valence-corrected chi connectivity index (χ4v) is 10.1. The van der Waals surface area contributed by atoms with Gasteiger partial charge in [-0.15, -0.1) is 0 Å². The van der Waals surface area contributed by atoms with Gasteiger partial charge in [-0.05, 0) is 109 Å². The second-order valence-electron chi connectivity index (χ2n) is 18.7. The van der Waals surface area contributed by atoms with Gasteiger partial charge in [0.15, 0.2) is 23.1 Å². The van der Waals surface area contributed by atoms with E-state index in [4.69, 9.17) is 20.9 Å². The average Bonchev–Trinajstić information content (AvgIpc) is 3.84. The summed E-state index contributed by atoms with van der Waals surface area (Å²) in [5, 5.41) is 9.16. The van der Waals surface area contributed by atoms with Crippen molar-refractivity contribution in [3.8, 4) is 11.5 Å². The maximum absolute atomic E-state index is 13.3. The molecule has 2 spiro atoms. The third kappa shape index (κ3) is 13.2. The number of pyridine rings is 3. The quantitative estimate of drug-likeness (QED) is 0.147. The highest BCUT2D eigenvalue weighted by Gasteiger charge is 2.47. The molecule has 5 aromatic rings. The lowest BCUT2D eigenvalue weighted by molar-refractivity contribution is -0.121. The molecule has 26 heteroatoms. The molecule has 3 fully saturated rings. The van der Waals surface area contributed by atoms with Crippen LogP contribution in [0.2, 0.25) is 0 Å². The number of carbonyl (C=O) groups excluding carboxylic acids is 4. The SMILES string of the molecule is CN1CCC(=O)CC1.COc1cncnc1N.COc1cncnc1Nc1cc(C)c2n(c1=O)C1(CCN(C)CC1)NC2=O.Cc1cc(Br)c(=O)[nH]c1C(N)=O.Cc1cc(Br)c(=O)n2c1C(=O)NC21CCN(C)CC1. The number of halogens is 2. The number of anilines is 3. The minimum absolute atomic E-state index is 0.122. The first-order valence-electron chi connectivity index (χ1n) is 23.9. The third-order valence-electron chi connectivity index (χ3n) is 13.4. The van der Waals surface area contributed by atoms with Crippen LogP contribution in [0.25, 0.3) is 0 Å². The molecule has 5 aliphatic rings. The number of nitrogens with two attached hydrogens (primary N) is 2. The van der Waals surface area contributed by atoms with E-state index in [9.17, 15) is 33.6 Å². The molecule has 8 N–H and O–H groups in total. The van der Waals surface area contributed by atoms with Crippen LogP contribution < -0.4 is 53.6 Å². The highest BCUT2D eigenvalue weighted by atomic mass is 79.9. The molecule has 0 radical (unpaired) electrons. The molecular weight excluding hydrogens is 1100 g/mol. The molecule has 3 amide bonds. The van der Waals surface area contributed by atoms with Gasteiger partial charge in [0.05, 0.1) is 35.6 Å². The Morgan fingerprint density at radius 3 is 1.61 bits per heavy atom. The van der Waals surface area contributed by atoms with Crippen molar-refractivity contribution in [2.75, 3.05) is 85.7 Å². The van der Waals surface area contributed by atoms with Crippen molar-refractivity contribution >= 4 is 72.7 Å². The summed E-state index contributed by atoms with van der Waals surface area (Å²) in [6.45, 7) is 10.7. The molecule has 0 atom stereocenters. The van der Waals surface area contributed by atoms with E-state index in [0.717, 1.165) is 76.1 Å². The summed E-state index contributed by atoms with van der Waals surface area (Å²) in [4.78, 5) is 107. The van der Waals surface area contributed by atoms with Crippen LogP contribution in [0, 0.1) is 20.8 Å². The molecule has 24 nitrogen and oxygen atoms in total. The van der Waals surface area contributed by atoms with Crippen LogP contribution in [0.4, 0.5) is 17.3 Å². The number of aryl methyl sites for hydroxylation is 3. The number of nitrogens with zero attached hydrogens (tertiary/aromatic N) is 9. The number of amides is 3. The van der Waals surface area contributed by atoms with E-state index in [1.165, 1.54) is 39.3 Å². The van der Waals surface area contributed by atoms with Crippen LogP contribution in [0.5, 0.6) is 11.5 Å². The first-order valence-corrected chi connectivity index (χ1v) is 25.5. The van der Waals surface area contributed by atoms with E-state index in [1.807, 2.05) is 27.9 Å². The Morgan fingerprint density at radius 1 is 0.667 bits per heavy atom. The normalized spacial score (nSPS) is 17.2. The second kappa shape index (κ2) is 24.7. The van der Waals surface area contributed by atoms with E-state index >= 15 is 0 Å². The van der Waals surface area contributed by atoms with Gasteiger partial charge < -0.3 is 56.6 Å². The molecule has 10 rings (SSSR count). The van der Waals surface area contributed by atoms with Crippen LogP contribution >= 0.6 is 31.9 Å². The number of H-pyrrole nitrogens is 1. The molecule has 402 valence electrons. The van der Waals surface area contributed by atoms with Crippen molar-refractivity contribution in [1.82, 2.24) is 59.4 Å². The van der Waals surface area contributed by atoms with Gasteiger partial charge in [0.1, 0.15) is 52.5 Å². The van der Waals surface area contributed by atoms with Gasteiger partial charge in [-0.3, -0.25) is 42.7 Å². The van der Waals surface area contributed by atoms with Crippen LogP contribution in [0.15, 0.2) is 66.6 Å². The zero-order valence-electron chi connectivity index (χ0n) is 43.1. The highest BCUT2D eigenvalue weighted by molar-refractivity contribution is 9.10. The topological polar surface area (TPSA) is 313 Å². The predicted molar refractivity (Wildman–Crippen MR) is 288 cm³/mol. The number of likely N-dealkylation sites (tertiary alicyclic amines) is 3. The van der Waals surface area contributed by atoms with Gasteiger partial charge in [0.25, 0.3) is 34.4 Å².